The number of rotatable bonds is 3. The summed E-state index contributed by atoms with van der Waals surface area (Å²) in [4.78, 5) is 11.3. The molecule has 1 aromatic rings. The first-order chi connectivity index (χ1) is 8.30. The number of benzene rings is 1. The molecule has 1 amide bonds. The van der Waals surface area contributed by atoms with Crippen LogP contribution >= 0.6 is 11.6 Å². The van der Waals surface area contributed by atoms with Crippen LogP contribution in [0.2, 0.25) is 0 Å². The van der Waals surface area contributed by atoms with E-state index in [2.05, 4.69) is 5.16 Å². The summed E-state index contributed by atoms with van der Waals surface area (Å²) in [5, 5.41) is 19.9. The lowest BCUT2D eigenvalue weighted by molar-refractivity contribution is 0.154. The predicted molar refractivity (Wildman–Crippen MR) is 60.1 cm³/mol. The van der Waals surface area contributed by atoms with Crippen LogP contribution in [0.15, 0.2) is 29.4 Å². The molecule has 0 saturated heterocycles. The molecule has 5 nitrogen and oxygen atoms in total. The summed E-state index contributed by atoms with van der Waals surface area (Å²) < 4.78 is 15.5. The lowest BCUT2D eigenvalue weighted by atomic mass is 10.1. The minimum atomic E-state index is -2.16. The van der Waals surface area contributed by atoms with Gasteiger partial charge in [-0.15, -0.1) is 0 Å². The Kier molecular flexibility index (Phi) is 3.18. The van der Waals surface area contributed by atoms with Crippen LogP contribution in [0.3, 0.4) is 0 Å². The van der Waals surface area contributed by atoms with Crippen LogP contribution in [0, 0.1) is 0 Å². The van der Waals surface area contributed by atoms with Crippen molar-refractivity contribution in [1.29, 1.82) is 0 Å². The van der Waals surface area contributed by atoms with E-state index in [4.69, 9.17) is 24.7 Å². The van der Waals surface area contributed by atoms with E-state index in [1.807, 2.05) is 0 Å². The van der Waals surface area contributed by atoms with E-state index in [1.54, 1.807) is 0 Å². The highest BCUT2D eigenvalue weighted by Crippen LogP contribution is 2.09. The van der Waals surface area contributed by atoms with Crippen molar-refractivity contribution in [3.63, 3.8) is 0 Å². The first-order valence-electron chi connectivity index (χ1n) is 5.26. The Labute approximate surface area is 100 Å². The molecule has 1 rings (SSSR count). The maximum Gasteiger partial charge on any atom is 0.407 e. The van der Waals surface area contributed by atoms with E-state index in [-0.39, 0.29) is 10.7 Å². The third-order valence-corrected chi connectivity index (χ3v) is 2.09. The minimum Gasteiger partial charge on any atom is -0.465 e. The van der Waals surface area contributed by atoms with Gasteiger partial charge in [0, 0.05) is 19.1 Å². The second-order valence-electron chi connectivity index (χ2n) is 2.92. The van der Waals surface area contributed by atoms with Crippen LogP contribution in [0.1, 0.15) is 13.9 Å². The van der Waals surface area contributed by atoms with Gasteiger partial charge in [0.25, 0.3) is 0 Å². The van der Waals surface area contributed by atoms with E-state index < -0.39 is 12.6 Å². The normalized spacial score (nSPS) is 14.0. The van der Waals surface area contributed by atoms with Crippen LogP contribution in [-0.4, -0.2) is 33.5 Å². The highest BCUT2D eigenvalue weighted by molar-refractivity contribution is 6.69. The van der Waals surface area contributed by atoms with Gasteiger partial charge < -0.3 is 15.2 Å². The maximum absolute atomic E-state index is 10.8. The monoisotopic (exact) mass is 244 g/mol. The number of oxime groups is 1. The summed E-state index contributed by atoms with van der Waals surface area (Å²) in [6, 6.07) is 5.63. The van der Waals surface area contributed by atoms with E-state index in [1.165, 1.54) is 24.3 Å². The van der Waals surface area contributed by atoms with Gasteiger partial charge in [-0.1, -0.05) is 41.0 Å². The average molecular weight is 245 g/mol. The summed E-state index contributed by atoms with van der Waals surface area (Å²) in [6.07, 6.45) is -1.38. The molecule has 0 aliphatic rings. The Morgan fingerprint density at radius 2 is 2.12 bits per heavy atom. The molecular formula is C10H11ClN2O3. The number of carbonyl (C=O) groups is 1. The van der Waals surface area contributed by atoms with Crippen molar-refractivity contribution in [2.45, 2.75) is 6.50 Å². The topological polar surface area (TPSA) is 73.1 Å². The fourth-order valence-electron chi connectivity index (χ4n) is 0.981. The molecule has 0 spiro atoms. The predicted octanol–water partition coefficient (Wildman–Crippen LogP) is 2.17. The fraction of sp³-hybridized carbons (Fsp3) is 0.200. The maximum atomic E-state index is 10.8. The Bertz CT molecular complexity index is 477. The van der Waals surface area contributed by atoms with Gasteiger partial charge in [-0.3, -0.25) is 0 Å². The molecule has 6 heteroatoms. The molecule has 0 fully saturated rings. The lowest BCUT2D eigenvalue weighted by Crippen LogP contribution is -2.23. The van der Waals surface area contributed by atoms with Crippen molar-refractivity contribution < 1.29 is 17.8 Å². The minimum absolute atomic E-state index is 0.131. The van der Waals surface area contributed by atoms with Crippen molar-refractivity contribution in [2.75, 3.05) is 7.05 Å². The van der Waals surface area contributed by atoms with Crippen molar-refractivity contribution in [2.24, 2.45) is 5.16 Å². The zero-order chi connectivity index (χ0) is 13.9. The Balaban J connectivity index is 3.08. The van der Waals surface area contributed by atoms with Crippen LogP contribution < -0.4 is 0 Å². The van der Waals surface area contributed by atoms with E-state index >= 15 is 0 Å². The number of nitrogens with zero attached hydrogens (tertiary/aromatic N) is 2. The Morgan fingerprint density at radius 1 is 1.56 bits per heavy atom. The number of hydrogen-bond acceptors (Lipinski definition) is 3. The summed E-state index contributed by atoms with van der Waals surface area (Å²) in [6.45, 7) is -2.16. The highest BCUT2D eigenvalue weighted by atomic mass is 35.5. The second-order valence-corrected chi connectivity index (χ2v) is 3.28. The van der Waals surface area contributed by atoms with Crippen molar-refractivity contribution in [1.82, 2.24) is 4.90 Å². The summed E-state index contributed by atoms with van der Waals surface area (Å²) >= 11 is 5.57. The van der Waals surface area contributed by atoms with Gasteiger partial charge in [0.2, 0.25) is 0 Å². The second kappa shape index (κ2) is 5.37. The highest BCUT2D eigenvalue weighted by Gasteiger charge is 2.06. The van der Waals surface area contributed by atoms with Gasteiger partial charge in [0.1, 0.15) is 0 Å². The molecule has 0 aliphatic heterocycles. The molecule has 16 heavy (non-hydrogen) atoms. The Hall–Kier alpha value is -1.75. The molecule has 0 bridgehead atoms. The smallest absolute Gasteiger partial charge is 0.407 e. The van der Waals surface area contributed by atoms with Gasteiger partial charge in [0.05, 0.1) is 2.74 Å². The number of carboxylic acid groups (broad SMARTS) is 1. The number of amides is 1. The SMILES string of the molecule is [2H]C([2H])(c1ccc(C(Cl)=NO)cc1)N(C)C(=O)O. The Morgan fingerprint density at radius 3 is 2.56 bits per heavy atom. The summed E-state index contributed by atoms with van der Waals surface area (Å²) in [7, 11) is 1.14. The molecule has 0 aliphatic carbocycles. The molecule has 0 saturated carbocycles. The van der Waals surface area contributed by atoms with E-state index in [0.29, 0.717) is 10.5 Å². The van der Waals surface area contributed by atoms with Gasteiger partial charge in [-0.25, -0.2) is 4.79 Å². The molecule has 0 unspecified atom stereocenters. The molecule has 0 aromatic heterocycles. The third-order valence-electron chi connectivity index (χ3n) is 1.79. The largest absolute Gasteiger partial charge is 0.465 e. The quantitative estimate of drug-likeness (QED) is 0.486. The fourth-order valence-corrected chi connectivity index (χ4v) is 1.11. The van der Waals surface area contributed by atoms with Crippen molar-refractivity contribution in [3.05, 3.63) is 35.4 Å². The van der Waals surface area contributed by atoms with Crippen LogP contribution in [0.4, 0.5) is 4.79 Å². The zero-order valence-electron chi connectivity index (χ0n) is 10.4. The first kappa shape index (κ1) is 9.47. The average Bonchev–Trinajstić information content (AvgIpc) is 2.36. The van der Waals surface area contributed by atoms with Gasteiger partial charge in [-0.2, -0.15) is 0 Å². The number of halogens is 1. The molecule has 2 N–H and O–H groups in total. The van der Waals surface area contributed by atoms with Crippen molar-refractivity contribution in [3.8, 4) is 0 Å². The standard InChI is InChI=1S/C10H11ClN2O3/c1-13(10(14)15)6-7-2-4-8(5-3-7)9(11)12-16/h2-5,16H,6H2,1H3,(H,14,15)/i6D2. The molecule has 86 valence electrons. The third kappa shape index (κ3) is 3.13. The number of hydrogen-bond donors (Lipinski definition) is 2. The van der Waals surface area contributed by atoms with Gasteiger partial charge in [0.15, 0.2) is 5.17 Å². The lowest BCUT2D eigenvalue weighted by Gasteiger charge is -2.12. The molecule has 0 heterocycles. The van der Waals surface area contributed by atoms with Crippen LogP contribution in [-0.2, 0) is 6.50 Å². The van der Waals surface area contributed by atoms with Gasteiger partial charge >= 0.3 is 6.09 Å². The first-order valence-corrected chi connectivity index (χ1v) is 4.63. The van der Waals surface area contributed by atoms with Crippen molar-refractivity contribution >= 4 is 22.9 Å². The van der Waals surface area contributed by atoms with Crippen LogP contribution in [0.25, 0.3) is 0 Å². The van der Waals surface area contributed by atoms with Gasteiger partial charge in [-0.05, 0) is 5.56 Å². The summed E-state index contributed by atoms with van der Waals surface area (Å²) in [5.74, 6) is 0. The zero-order valence-corrected chi connectivity index (χ0v) is 9.14. The van der Waals surface area contributed by atoms with E-state index in [0.717, 1.165) is 7.05 Å². The molecule has 1 aromatic carbocycles. The molecule has 0 atom stereocenters. The summed E-state index contributed by atoms with van der Waals surface area (Å²) in [5.41, 5.74) is 0.551. The van der Waals surface area contributed by atoms with E-state index in [9.17, 15) is 4.79 Å². The van der Waals surface area contributed by atoms with Crippen LogP contribution in [0.5, 0.6) is 0 Å². The molecular weight excluding hydrogens is 232 g/mol. The molecule has 0 radical (unpaired) electrons.